The van der Waals surface area contributed by atoms with E-state index in [4.69, 9.17) is 11.6 Å². The molecule has 1 saturated carbocycles. The molecule has 1 aliphatic rings. The molecule has 0 bridgehead atoms. The standard InChI is InChI=1S/C9H16ClNO/c1-7(10)9(12)11-8-5-3-2-4-6-8/h7-8H,2-6H2,1H3,(H,11,12)/t7-/m0/s1. The van der Waals surface area contributed by atoms with Crippen LogP contribution in [0.15, 0.2) is 0 Å². The van der Waals surface area contributed by atoms with Crippen LogP contribution < -0.4 is 5.32 Å². The van der Waals surface area contributed by atoms with Gasteiger partial charge in [0.05, 0.1) is 0 Å². The third kappa shape index (κ3) is 3.02. The molecule has 0 unspecified atom stereocenters. The second kappa shape index (κ2) is 4.70. The zero-order valence-electron chi connectivity index (χ0n) is 7.48. The predicted molar refractivity (Wildman–Crippen MR) is 50.3 cm³/mol. The average molecular weight is 190 g/mol. The number of carbonyl (C=O) groups is 1. The Morgan fingerprint density at radius 1 is 1.42 bits per heavy atom. The quantitative estimate of drug-likeness (QED) is 0.662. The summed E-state index contributed by atoms with van der Waals surface area (Å²) in [4.78, 5) is 11.2. The van der Waals surface area contributed by atoms with E-state index in [-0.39, 0.29) is 5.91 Å². The van der Waals surface area contributed by atoms with E-state index < -0.39 is 5.38 Å². The Bertz CT molecular complexity index is 153. The molecule has 0 aliphatic heterocycles. The normalized spacial score (nSPS) is 21.8. The first-order chi connectivity index (χ1) is 5.70. The lowest BCUT2D eigenvalue weighted by molar-refractivity contribution is -0.121. The molecule has 2 nitrogen and oxygen atoms in total. The Labute approximate surface area is 78.7 Å². The molecule has 1 amide bonds. The maximum atomic E-state index is 11.2. The molecular weight excluding hydrogens is 174 g/mol. The summed E-state index contributed by atoms with van der Waals surface area (Å²) in [7, 11) is 0. The van der Waals surface area contributed by atoms with E-state index in [0.717, 1.165) is 12.8 Å². The fraction of sp³-hybridized carbons (Fsp3) is 0.889. The van der Waals surface area contributed by atoms with Crippen LogP contribution in [0.3, 0.4) is 0 Å². The molecule has 12 heavy (non-hydrogen) atoms. The van der Waals surface area contributed by atoms with E-state index in [1.165, 1.54) is 19.3 Å². The SMILES string of the molecule is C[C@H](Cl)C(=O)NC1CCCCC1. The Morgan fingerprint density at radius 2 is 2.00 bits per heavy atom. The van der Waals surface area contributed by atoms with E-state index in [2.05, 4.69) is 5.32 Å². The number of amides is 1. The third-order valence-electron chi connectivity index (χ3n) is 2.31. The molecule has 1 rings (SSSR count). The van der Waals surface area contributed by atoms with Crippen molar-refractivity contribution in [1.29, 1.82) is 0 Å². The highest BCUT2D eigenvalue weighted by atomic mass is 35.5. The van der Waals surface area contributed by atoms with Crippen molar-refractivity contribution in [3.05, 3.63) is 0 Å². The average Bonchev–Trinajstić information content (AvgIpc) is 2.06. The first-order valence-corrected chi connectivity index (χ1v) is 5.08. The van der Waals surface area contributed by atoms with Gasteiger partial charge in [-0.1, -0.05) is 19.3 Å². The van der Waals surface area contributed by atoms with E-state index in [1.54, 1.807) is 6.92 Å². The van der Waals surface area contributed by atoms with Crippen LogP contribution in [0.1, 0.15) is 39.0 Å². The molecule has 0 aromatic rings. The number of halogens is 1. The predicted octanol–water partition coefficient (Wildman–Crippen LogP) is 2.06. The number of rotatable bonds is 2. The topological polar surface area (TPSA) is 29.1 Å². The van der Waals surface area contributed by atoms with E-state index in [1.807, 2.05) is 0 Å². The Kier molecular flexibility index (Phi) is 3.86. The minimum Gasteiger partial charge on any atom is -0.352 e. The summed E-state index contributed by atoms with van der Waals surface area (Å²) in [5.74, 6) is -0.0245. The maximum Gasteiger partial charge on any atom is 0.237 e. The van der Waals surface area contributed by atoms with Gasteiger partial charge in [0.2, 0.25) is 5.91 Å². The van der Waals surface area contributed by atoms with Gasteiger partial charge in [-0.15, -0.1) is 11.6 Å². The number of carbonyl (C=O) groups excluding carboxylic acids is 1. The lowest BCUT2D eigenvalue weighted by Gasteiger charge is -2.23. The highest BCUT2D eigenvalue weighted by Crippen LogP contribution is 2.17. The first-order valence-electron chi connectivity index (χ1n) is 4.64. The summed E-state index contributed by atoms with van der Waals surface area (Å²) in [5, 5.41) is 2.55. The molecule has 0 aromatic carbocycles. The first kappa shape index (κ1) is 9.85. The number of alkyl halides is 1. The molecule has 1 atom stereocenters. The minimum absolute atomic E-state index is 0.0245. The van der Waals surface area contributed by atoms with E-state index >= 15 is 0 Å². The zero-order chi connectivity index (χ0) is 8.97. The Balaban J connectivity index is 2.24. The second-order valence-electron chi connectivity index (χ2n) is 3.46. The highest BCUT2D eigenvalue weighted by Gasteiger charge is 2.17. The van der Waals surface area contributed by atoms with Gasteiger partial charge in [-0.3, -0.25) is 4.79 Å². The van der Waals surface area contributed by atoms with Gasteiger partial charge in [-0.25, -0.2) is 0 Å². The van der Waals surface area contributed by atoms with Gasteiger partial charge < -0.3 is 5.32 Å². The summed E-state index contributed by atoms with van der Waals surface area (Å²) in [6, 6.07) is 0.382. The summed E-state index contributed by atoms with van der Waals surface area (Å²) in [6.07, 6.45) is 6.02. The summed E-state index contributed by atoms with van der Waals surface area (Å²) in [6.45, 7) is 1.71. The van der Waals surface area contributed by atoms with Gasteiger partial charge >= 0.3 is 0 Å². The van der Waals surface area contributed by atoms with Crippen LogP contribution >= 0.6 is 11.6 Å². The molecule has 70 valence electrons. The van der Waals surface area contributed by atoms with Crippen molar-refractivity contribution in [2.45, 2.75) is 50.4 Å². The zero-order valence-corrected chi connectivity index (χ0v) is 8.23. The molecule has 3 heteroatoms. The second-order valence-corrected chi connectivity index (χ2v) is 4.11. The Morgan fingerprint density at radius 3 is 2.50 bits per heavy atom. The molecule has 0 heterocycles. The van der Waals surface area contributed by atoms with Crippen LogP contribution in [0.5, 0.6) is 0 Å². The minimum atomic E-state index is -0.396. The summed E-state index contributed by atoms with van der Waals surface area (Å²) < 4.78 is 0. The van der Waals surface area contributed by atoms with Crippen molar-refractivity contribution in [3.8, 4) is 0 Å². The van der Waals surface area contributed by atoms with Crippen LogP contribution in [-0.2, 0) is 4.79 Å². The third-order valence-corrected chi connectivity index (χ3v) is 2.51. The Hall–Kier alpha value is -0.240. The van der Waals surface area contributed by atoms with Crippen molar-refractivity contribution >= 4 is 17.5 Å². The van der Waals surface area contributed by atoms with Gasteiger partial charge in [0.25, 0.3) is 0 Å². The molecule has 0 radical (unpaired) electrons. The van der Waals surface area contributed by atoms with Gasteiger partial charge in [0.15, 0.2) is 0 Å². The molecule has 0 saturated heterocycles. The number of hydrogen-bond acceptors (Lipinski definition) is 1. The van der Waals surface area contributed by atoms with E-state index in [0.29, 0.717) is 6.04 Å². The van der Waals surface area contributed by atoms with Crippen LogP contribution in [0, 0.1) is 0 Å². The largest absolute Gasteiger partial charge is 0.352 e. The van der Waals surface area contributed by atoms with Gasteiger partial charge in [-0.05, 0) is 19.8 Å². The highest BCUT2D eigenvalue weighted by molar-refractivity contribution is 6.30. The lowest BCUT2D eigenvalue weighted by Crippen LogP contribution is -2.39. The van der Waals surface area contributed by atoms with Crippen LogP contribution in [0.25, 0.3) is 0 Å². The van der Waals surface area contributed by atoms with Gasteiger partial charge in [-0.2, -0.15) is 0 Å². The molecule has 0 aromatic heterocycles. The number of nitrogens with one attached hydrogen (secondary N) is 1. The fourth-order valence-electron chi connectivity index (χ4n) is 1.56. The smallest absolute Gasteiger partial charge is 0.237 e. The number of hydrogen-bond donors (Lipinski definition) is 1. The van der Waals surface area contributed by atoms with Crippen molar-refractivity contribution in [2.75, 3.05) is 0 Å². The summed E-state index contributed by atoms with van der Waals surface area (Å²) in [5.41, 5.74) is 0. The van der Waals surface area contributed by atoms with Crippen molar-refractivity contribution in [1.82, 2.24) is 5.32 Å². The van der Waals surface area contributed by atoms with Crippen LogP contribution in [0.4, 0.5) is 0 Å². The van der Waals surface area contributed by atoms with Crippen molar-refractivity contribution < 1.29 is 4.79 Å². The van der Waals surface area contributed by atoms with Crippen molar-refractivity contribution in [3.63, 3.8) is 0 Å². The molecule has 1 N–H and O–H groups in total. The summed E-state index contributed by atoms with van der Waals surface area (Å²) >= 11 is 5.64. The van der Waals surface area contributed by atoms with Gasteiger partial charge in [0, 0.05) is 6.04 Å². The lowest BCUT2D eigenvalue weighted by atomic mass is 9.95. The van der Waals surface area contributed by atoms with Crippen LogP contribution in [-0.4, -0.2) is 17.3 Å². The molecule has 1 fully saturated rings. The van der Waals surface area contributed by atoms with E-state index in [9.17, 15) is 4.79 Å². The molecule has 0 spiro atoms. The van der Waals surface area contributed by atoms with Gasteiger partial charge in [0.1, 0.15) is 5.38 Å². The molecule has 1 aliphatic carbocycles. The monoisotopic (exact) mass is 189 g/mol. The van der Waals surface area contributed by atoms with Crippen LogP contribution in [0.2, 0.25) is 0 Å². The molecular formula is C9H16ClNO. The fourth-order valence-corrected chi connectivity index (χ4v) is 1.63. The maximum absolute atomic E-state index is 11.2. The van der Waals surface area contributed by atoms with Crippen molar-refractivity contribution in [2.24, 2.45) is 0 Å².